The summed E-state index contributed by atoms with van der Waals surface area (Å²) >= 11 is 5.89. The predicted octanol–water partition coefficient (Wildman–Crippen LogP) is 1.74. The number of nitrogens with zero attached hydrogens (tertiary/aromatic N) is 1. The lowest BCUT2D eigenvalue weighted by atomic mass is 9.90. The number of rotatable bonds is 2. The lowest BCUT2D eigenvalue weighted by Crippen LogP contribution is -2.29. The Morgan fingerprint density at radius 3 is 3.06 bits per heavy atom. The predicted molar refractivity (Wildman–Crippen MR) is 64.1 cm³/mol. The molecule has 4 nitrogen and oxygen atoms in total. The van der Waals surface area contributed by atoms with Gasteiger partial charge in [-0.25, -0.2) is 4.98 Å². The third-order valence-corrected chi connectivity index (χ3v) is 3.19. The van der Waals surface area contributed by atoms with E-state index in [1.54, 1.807) is 6.07 Å². The van der Waals surface area contributed by atoms with Crippen molar-refractivity contribution in [2.24, 2.45) is 11.7 Å². The third kappa shape index (κ3) is 2.45. The van der Waals surface area contributed by atoms with Gasteiger partial charge < -0.3 is 16.2 Å². The molecule has 1 aliphatic rings. The van der Waals surface area contributed by atoms with Gasteiger partial charge in [0.2, 0.25) is 0 Å². The van der Waals surface area contributed by atoms with Crippen molar-refractivity contribution in [1.29, 1.82) is 0 Å². The Hall–Kier alpha value is -0.840. The topological polar surface area (TPSA) is 74.2 Å². The van der Waals surface area contributed by atoms with Gasteiger partial charge in [-0.3, -0.25) is 0 Å². The Morgan fingerprint density at radius 1 is 1.56 bits per heavy atom. The number of hydrogen-bond acceptors (Lipinski definition) is 4. The first-order chi connectivity index (χ1) is 7.68. The second kappa shape index (κ2) is 4.99. The van der Waals surface area contributed by atoms with Crippen LogP contribution < -0.4 is 11.5 Å². The summed E-state index contributed by atoms with van der Waals surface area (Å²) in [4.78, 5) is 4.02. The number of hydrogen-bond donors (Lipinski definition) is 2. The van der Waals surface area contributed by atoms with Gasteiger partial charge in [0, 0.05) is 30.3 Å². The Morgan fingerprint density at radius 2 is 2.38 bits per heavy atom. The van der Waals surface area contributed by atoms with Crippen molar-refractivity contribution in [3.8, 4) is 0 Å². The van der Waals surface area contributed by atoms with Crippen molar-refractivity contribution in [2.45, 2.75) is 18.9 Å². The minimum Gasteiger partial charge on any atom is -0.383 e. The molecule has 2 unspecified atom stereocenters. The Kier molecular flexibility index (Phi) is 3.63. The maximum absolute atomic E-state index is 6.18. The molecule has 0 saturated carbocycles. The van der Waals surface area contributed by atoms with E-state index in [9.17, 15) is 0 Å². The summed E-state index contributed by atoms with van der Waals surface area (Å²) in [6.07, 6.45) is 3.64. The zero-order valence-corrected chi connectivity index (χ0v) is 9.78. The van der Waals surface area contributed by atoms with Crippen LogP contribution >= 0.6 is 11.6 Å². The standard InChI is InChI=1S/C11H16ClN3O/c12-8-4-9(11(14)15-5-8)10(13)7-2-1-3-16-6-7/h4-5,7,10H,1-3,6,13H2,(H2,14,15). The van der Waals surface area contributed by atoms with Crippen LogP contribution in [0.2, 0.25) is 5.02 Å². The van der Waals surface area contributed by atoms with Crippen LogP contribution in [-0.4, -0.2) is 18.2 Å². The molecule has 1 aromatic rings. The number of aromatic nitrogens is 1. The second-order valence-electron chi connectivity index (χ2n) is 4.13. The zero-order chi connectivity index (χ0) is 11.5. The minimum atomic E-state index is -0.147. The average molecular weight is 242 g/mol. The van der Waals surface area contributed by atoms with Crippen LogP contribution in [0.15, 0.2) is 12.3 Å². The fourth-order valence-corrected chi connectivity index (χ4v) is 2.20. The molecular weight excluding hydrogens is 226 g/mol. The van der Waals surface area contributed by atoms with Gasteiger partial charge in [0.25, 0.3) is 0 Å². The summed E-state index contributed by atoms with van der Waals surface area (Å²) in [6.45, 7) is 1.51. The van der Waals surface area contributed by atoms with Gasteiger partial charge in [0.15, 0.2) is 0 Å². The molecule has 1 aromatic heterocycles. The van der Waals surface area contributed by atoms with E-state index >= 15 is 0 Å². The Balaban J connectivity index is 2.18. The van der Waals surface area contributed by atoms with Gasteiger partial charge in [-0.2, -0.15) is 0 Å². The molecule has 0 bridgehead atoms. The van der Waals surface area contributed by atoms with Crippen LogP contribution in [-0.2, 0) is 4.74 Å². The van der Waals surface area contributed by atoms with Crippen LogP contribution in [0.1, 0.15) is 24.4 Å². The number of nitrogen functional groups attached to an aromatic ring is 1. The first-order valence-corrected chi connectivity index (χ1v) is 5.80. The van der Waals surface area contributed by atoms with E-state index in [1.165, 1.54) is 6.20 Å². The maximum atomic E-state index is 6.18. The first-order valence-electron chi connectivity index (χ1n) is 5.42. The Labute approximate surface area is 99.9 Å². The molecule has 1 fully saturated rings. The monoisotopic (exact) mass is 241 g/mol. The molecule has 0 aliphatic carbocycles. The molecule has 0 amide bonds. The van der Waals surface area contributed by atoms with Gasteiger partial charge >= 0.3 is 0 Å². The fourth-order valence-electron chi connectivity index (χ4n) is 2.04. The van der Waals surface area contributed by atoms with E-state index in [2.05, 4.69) is 4.98 Å². The highest BCUT2D eigenvalue weighted by Crippen LogP contribution is 2.30. The highest BCUT2D eigenvalue weighted by Gasteiger charge is 2.24. The molecule has 0 aromatic carbocycles. The third-order valence-electron chi connectivity index (χ3n) is 2.98. The van der Waals surface area contributed by atoms with E-state index in [1.807, 2.05) is 0 Å². The smallest absolute Gasteiger partial charge is 0.128 e. The van der Waals surface area contributed by atoms with Crippen molar-refractivity contribution < 1.29 is 4.74 Å². The maximum Gasteiger partial charge on any atom is 0.128 e. The average Bonchev–Trinajstić information content (AvgIpc) is 2.32. The molecule has 5 heteroatoms. The van der Waals surface area contributed by atoms with E-state index in [0.29, 0.717) is 23.4 Å². The minimum absolute atomic E-state index is 0.147. The quantitative estimate of drug-likeness (QED) is 0.827. The summed E-state index contributed by atoms with van der Waals surface area (Å²) in [5.41, 5.74) is 12.8. The molecule has 88 valence electrons. The van der Waals surface area contributed by atoms with Gasteiger partial charge in [-0.15, -0.1) is 0 Å². The van der Waals surface area contributed by atoms with Crippen LogP contribution in [0.5, 0.6) is 0 Å². The first kappa shape index (κ1) is 11.6. The summed E-state index contributed by atoms with van der Waals surface area (Å²) in [5, 5.41) is 0.566. The van der Waals surface area contributed by atoms with Gasteiger partial charge in [0.1, 0.15) is 5.82 Å². The largest absolute Gasteiger partial charge is 0.383 e. The molecule has 1 saturated heterocycles. The Bertz CT molecular complexity index is 366. The highest BCUT2D eigenvalue weighted by molar-refractivity contribution is 6.30. The molecule has 2 rings (SSSR count). The summed E-state index contributed by atoms with van der Waals surface area (Å²) in [7, 11) is 0. The number of anilines is 1. The van der Waals surface area contributed by atoms with Crippen molar-refractivity contribution in [3.63, 3.8) is 0 Å². The summed E-state index contributed by atoms with van der Waals surface area (Å²) < 4.78 is 5.42. The lowest BCUT2D eigenvalue weighted by molar-refractivity contribution is 0.0448. The molecule has 2 atom stereocenters. The molecule has 16 heavy (non-hydrogen) atoms. The van der Waals surface area contributed by atoms with Crippen molar-refractivity contribution in [3.05, 3.63) is 22.8 Å². The molecule has 0 spiro atoms. The van der Waals surface area contributed by atoms with Crippen molar-refractivity contribution in [1.82, 2.24) is 4.98 Å². The van der Waals surface area contributed by atoms with Crippen LogP contribution in [0.4, 0.5) is 5.82 Å². The van der Waals surface area contributed by atoms with E-state index in [4.69, 9.17) is 27.8 Å². The number of ether oxygens (including phenoxy) is 1. The molecule has 2 heterocycles. The second-order valence-corrected chi connectivity index (χ2v) is 4.57. The SMILES string of the molecule is Nc1ncc(Cl)cc1C(N)C1CCCOC1. The summed E-state index contributed by atoms with van der Waals surface area (Å²) in [6, 6.07) is 1.65. The van der Waals surface area contributed by atoms with Gasteiger partial charge in [0.05, 0.1) is 11.6 Å². The van der Waals surface area contributed by atoms with Crippen LogP contribution in [0, 0.1) is 5.92 Å². The van der Waals surface area contributed by atoms with Crippen LogP contribution in [0.25, 0.3) is 0 Å². The van der Waals surface area contributed by atoms with Crippen molar-refractivity contribution in [2.75, 3.05) is 18.9 Å². The normalized spacial score (nSPS) is 23.0. The molecular formula is C11H16ClN3O. The molecule has 1 aliphatic heterocycles. The zero-order valence-electron chi connectivity index (χ0n) is 9.03. The van der Waals surface area contributed by atoms with E-state index in [-0.39, 0.29) is 6.04 Å². The highest BCUT2D eigenvalue weighted by atomic mass is 35.5. The molecule has 0 radical (unpaired) electrons. The van der Waals surface area contributed by atoms with E-state index < -0.39 is 0 Å². The number of nitrogens with two attached hydrogens (primary N) is 2. The number of halogens is 1. The van der Waals surface area contributed by atoms with Crippen molar-refractivity contribution >= 4 is 17.4 Å². The number of pyridine rings is 1. The lowest BCUT2D eigenvalue weighted by Gasteiger charge is -2.28. The van der Waals surface area contributed by atoms with E-state index in [0.717, 1.165) is 25.0 Å². The fraction of sp³-hybridized carbons (Fsp3) is 0.545. The summed E-state index contributed by atoms with van der Waals surface area (Å²) in [5.74, 6) is 0.763. The molecule has 4 N–H and O–H groups in total. The van der Waals surface area contributed by atoms with Gasteiger partial charge in [-0.1, -0.05) is 11.6 Å². The van der Waals surface area contributed by atoms with Crippen LogP contribution in [0.3, 0.4) is 0 Å². The van der Waals surface area contributed by atoms with Gasteiger partial charge in [-0.05, 0) is 18.9 Å².